The quantitative estimate of drug-likeness (QED) is 0.554. The van der Waals surface area contributed by atoms with Gasteiger partial charge in [0.05, 0.1) is 36.9 Å². The normalized spacial score (nSPS) is 17.4. The van der Waals surface area contributed by atoms with E-state index in [1.165, 1.54) is 12.1 Å². The van der Waals surface area contributed by atoms with Gasteiger partial charge in [-0.1, -0.05) is 0 Å². The van der Waals surface area contributed by atoms with Gasteiger partial charge in [-0.2, -0.15) is 0 Å². The van der Waals surface area contributed by atoms with Crippen molar-refractivity contribution in [3.63, 3.8) is 0 Å². The largest absolute Gasteiger partial charge is 0.490 e. The molecule has 9 nitrogen and oxygen atoms in total. The lowest BCUT2D eigenvalue weighted by molar-refractivity contribution is -0.124. The molecule has 1 aromatic carbocycles. The Kier molecular flexibility index (Phi) is 8.12. The second kappa shape index (κ2) is 10.3. The van der Waals surface area contributed by atoms with E-state index < -0.39 is 34.4 Å². The van der Waals surface area contributed by atoms with Crippen LogP contribution in [0.1, 0.15) is 37.6 Å². The fraction of sp³-hybridized carbons (Fsp3) is 0.579. The van der Waals surface area contributed by atoms with Crippen molar-refractivity contribution in [2.24, 2.45) is 0 Å². The third kappa shape index (κ3) is 6.52. The molecular weight excluding hydrogens is 402 g/mol. The molecule has 0 aliphatic carbocycles. The zero-order valence-corrected chi connectivity index (χ0v) is 17.7. The molecule has 162 valence electrons. The van der Waals surface area contributed by atoms with Gasteiger partial charge in [0, 0.05) is 6.04 Å². The van der Waals surface area contributed by atoms with E-state index in [1.54, 1.807) is 13.8 Å². The van der Waals surface area contributed by atoms with Crippen LogP contribution >= 0.6 is 0 Å². The highest BCUT2D eigenvalue weighted by molar-refractivity contribution is 7.91. The monoisotopic (exact) mass is 429 g/mol. The van der Waals surface area contributed by atoms with Crippen LogP contribution in [0.4, 0.5) is 0 Å². The van der Waals surface area contributed by atoms with Gasteiger partial charge >= 0.3 is 5.97 Å². The van der Waals surface area contributed by atoms with Crippen LogP contribution in [-0.2, 0) is 19.4 Å². The number of carbonyl (C=O) groups is 2. The maximum atomic E-state index is 12.4. The smallest absolute Gasteiger partial charge is 0.338 e. The summed E-state index contributed by atoms with van der Waals surface area (Å²) in [5.74, 6) is -0.259. The predicted molar refractivity (Wildman–Crippen MR) is 105 cm³/mol. The fourth-order valence-corrected chi connectivity index (χ4v) is 4.57. The van der Waals surface area contributed by atoms with E-state index in [0.29, 0.717) is 43.5 Å². The summed E-state index contributed by atoms with van der Waals surface area (Å²) in [6, 6.07) is 2.49. The maximum absolute atomic E-state index is 12.4. The fourth-order valence-electron chi connectivity index (χ4n) is 2.90. The average Bonchev–Trinajstić information content (AvgIpc) is 3.00. The van der Waals surface area contributed by atoms with Crippen molar-refractivity contribution in [1.29, 1.82) is 0 Å². The van der Waals surface area contributed by atoms with Gasteiger partial charge in [0.1, 0.15) is 0 Å². The van der Waals surface area contributed by atoms with Gasteiger partial charge in [0.2, 0.25) is 5.75 Å². The second-order valence-corrected chi connectivity index (χ2v) is 8.57. The molecule has 1 amide bonds. The van der Waals surface area contributed by atoms with E-state index in [1.807, 2.05) is 6.92 Å². The van der Waals surface area contributed by atoms with Gasteiger partial charge in [0.25, 0.3) is 5.91 Å². The summed E-state index contributed by atoms with van der Waals surface area (Å²) in [4.78, 5) is 24.4. The van der Waals surface area contributed by atoms with Crippen molar-refractivity contribution in [2.75, 3.05) is 37.9 Å². The summed E-state index contributed by atoms with van der Waals surface area (Å²) in [5.41, 5.74) is 0.150. The minimum Gasteiger partial charge on any atom is -0.490 e. The van der Waals surface area contributed by atoms with Gasteiger partial charge in [-0.25, -0.2) is 13.2 Å². The third-order valence-electron chi connectivity index (χ3n) is 4.08. The summed E-state index contributed by atoms with van der Waals surface area (Å²) in [6.07, 6.45) is 0.357. The van der Waals surface area contributed by atoms with Crippen LogP contribution in [0.3, 0.4) is 0 Å². The summed E-state index contributed by atoms with van der Waals surface area (Å²) in [7, 11) is -3.11. The Bertz CT molecular complexity index is 810. The van der Waals surface area contributed by atoms with Gasteiger partial charge in [-0.05, 0) is 39.3 Å². The van der Waals surface area contributed by atoms with Crippen LogP contribution in [0, 0.1) is 0 Å². The summed E-state index contributed by atoms with van der Waals surface area (Å²) < 4.78 is 44.6. The minimum atomic E-state index is -3.11. The molecular formula is C19H27NO8S. The van der Waals surface area contributed by atoms with Gasteiger partial charge in [-0.3, -0.25) is 4.79 Å². The molecule has 1 aliphatic rings. The van der Waals surface area contributed by atoms with E-state index in [9.17, 15) is 18.0 Å². The Labute approximate surface area is 170 Å². The van der Waals surface area contributed by atoms with Gasteiger partial charge in [-0.15, -0.1) is 0 Å². The Hall–Kier alpha value is -2.49. The van der Waals surface area contributed by atoms with Crippen molar-refractivity contribution in [2.45, 2.75) is 33.2 Å². The number of sulfone groups is 1. The Morgan fingerprint density at radius 3 is 2.10 bits per heavy atom. The minimum absolute atomic E-state index is 0.0460. The first-order valence-corrected chi connectivity index (χ1v) is 11.3. The number of nitrogens with one attached hydrogen (secondary N) is 1. The number of hydrogen-bond donors (Lipinski definition) is 1. The van der Waals surface area contributed by atoms with E-state index >= 15 is 0 Å². The molecule has 29 heavy (non-hydrogen) atoms. The molecule has 1 saturated heterocycles. The number of ether oxygens (including phenoxy) is 4. The summed E-state index contributed by atoms with van der Waals surface area (Å²) in [5, 5.41) is 2.57. The molecule has 0 bridgehead atoms. The van der Waals surface area contributed by atoms with Crippen LogP contribution in [0.15, 0.2) is 12.1 Å². The Morgan fingerprint density at radius 2 is 1.62 bits per heavy atom. The van der Waals surface area contributed by atoms with Gasteiger partial charge in [0.15, 0.2) is 27.9 Å². The van der Waals surface area contributed by atoms with Crippen LogP contribution in [0.2, 0.25) is 0 Å². The summed E-state index contributed by atoms with van der Waals surface area (Å²) in [6.45, 7) is 6.01. The Balaban J connectivity index is 2.06. The number of carbonyl (C=O) groups excluding carboxylic acids is 2. The molecule has 1 fully saturated rings. The standard InChI is InChI=1S/C19H27NO8S/c1-4-25-15-9-13(10-16(26-5-2)18(15)27-6-3)19(22)28-11-17(21)20-14-7-8-29(23,24)12-14/h9-10,14H,4-8,11-12H2,1-3H3,(H,20,21). The molecule has 0 spiro atoms. The van der Waals surface area contributed by atoms with Crippen molar-refractivity contribution in [3.8, 4) is 17.2 Å². The van der Waals surface area contributed by atoms with E-state index in [2.05, 4.69) is 5.32 Å². The van der Waals surface area contributed by atoms with E-state index in [0.717, 1.165) is 0 Å². The van der Waals surface area contributed by atoms with E-state index in [4.69, 9.17) is 18.9 Å². The predicted octanol–water partition coefficient (Wildman–Crippen LogP) is 1.34. The molecule has 1 atom stereocenters. The van der Waals surface area contributed by atoms with Crippen LogP contribution in [0.5, 0.6) is 17.2 Å². The van der Waals surface area contributed by atoms with Crippen LogP contribution in [0.25, 0.3) is 0 Å². The zero-order valence-electron chi connectivity index (χ0n) is 16.9. The first kappa shape index (κ1) is 22.8. The van der Waals surface area contributed by atoms with Crippen molar-refractivity contribution >= 4 is 21.7 Å². The molecule has 1 N–H and O–H groups in total. The van der Waals surface area contributed by atoms with Crippen molar-refractivity contribution < 1.29 is 37.0 Å². The molecule has 0 radical (unpaired) electrons. The van der Waals surface area contributed by atoms with Crippen LogP contribution < -0.4 is 19.5 Å². The molecule has 0 aromatic heterocycles. The number of amides is 1. The first-order chi connectivity index (χ1) is 13.8. The van der Waals surface area contributed by atoms with Crippen molar-refractivity contribution in [1.82, 2.24) is 5.32 Å². The lowest BCUT2D eigenvalue weighted by Gasteiger charge is -2.17. The van der Waals surface area contributed by atoms with Crippen LogP contribution in [-0.4, -0.2) is 64.3 Å². The molecule has 10 heteroatoms. The number of hydrogen-bond acceptors (Lipinski definition) is 8. The van der Waals surface area contributed by atoms with Crippen molar-refractivity contribution in [3.05, 3.63) is 17.7 Å². The van der Waals surface area contributed by atoms with E-state index in [-0.39, 0.29) is 17.1 Å². The first-order valence-electron chi connectivity index (χ1n) is 9.52. The average molecular weight is 429 g/mol. The third-order valence-corrected chi connectivity index (χ3v) is 5.84. The highest BCUT2D eigenvalue weighted by Crippen LogP contribution is 2.39. The maximum Gasteiger partial charge on any atom is 0.338 e. The lowest BCUT2D eigenvalue weighted by Crippen LogP contribution is -2.38. The highest BCUT2D eigenvalue weighted by Gasteiger charge is 2.29. The number of rotatable bonds is 10. The lowest BCUT2D eigenvalue weighted by atomic mass is 10.2. The SMILES string of the molecule is CCOc1cc(C(=O)OCC(=O)NC2CCS(=O)(=O)C2)cc(OCC)c1OCC. The molecule has 1 aliphatic heterocycles. The molecule has 2 rings (SSSR count). The zero-order chi connectivity index (χ0) is 21.4. The highest BCUT2D eigenvalue weighted by atomic mass is 32.2. The Morgan fingerprint density at radius 1 is 1.03 bits per heavy atom. The number of esters is 1. The molecule has 1 aromatic rings. The van der Waals surface area contributed by atoms with Gasteiger partial charge < -0.3 is 24.3 Å². The molecule has 1 unspecified atom stereocenters. The second-order valence-electron chi connectivity index (χ2n) is 6.34. The summed E-state index contributed by atoms with van der Waals surface area (Å²) >= 11 is 0. The topological polar surface area (TPSA) is 117 Å². The number of benzene rings is 1. The molecule has 1 heterocycles. The molecule has 0 saturated carbocycles.